The summed E-state index contributed by atoms with van der Waals surface area (Å²) in [6.07, 6.45) is 2.12. The number of likely N-dealkylation sites (tertiary alicyclic amines) is 1. The van der Waals surface area contributed by atoms with Crippen LogP contribution in [0, 0.1) is 5.92 Å². The van der Waals surface area contributed by atoms with Crippen molar-refractivity contribution in [3.05, 3.63) is 35.9 Å². The zero-order valence-corrected chi connectivity index (χ0v) is 13.1. The molecule has 4 heteroatoms. The number of amides is 1. The predicted molar refractivity (Wildman–Crippen MR) is 85.1 cm³/mol. The lowest BCUT2D eigenvalue weighted by atomic mass is 9.90. The topological polar surface area (TPSA) is 46.3 Å². The normalized spacial score (nSPS) is 23.9. The minimum absolute atomic E-state index is 0. The summed E-state index contributed by atoms with van der Waals surface area (Å²) in [6.45, 7) is 5.64. The molecule has 20 heavy (non-hydrogen) atoms. The highest BCUT2D eigenvalue weighted by molar-refractivity contribution is 5.85. The Balaban J connectivity index is 0.00000200. The summed E-state index contributed by atoms with van der Waals surface area (Å²) < 4.78 is 0. The molecule has 2 N–H and O–H groups in total. The monoisotopic (exact) mass is 296 g/mol. The van der Waals surface area contributed by atoms with Crippen LogP contribution in [-0.4, -0.2) is 29.9 Å². The van der Waals surface area contributed by atoms with Crippen molar-refractivity contribution in [3.63, 3.8) is 0 Å². The molecule has 0 saturated carbocycles. The second kappa shape index (κ2) is 7.65. The van der Waals surface area contributed by atoms with Crippen molar-refractivity contribution < 1.29 is 4.79 Å². The van der Waals surface area contributed by atoms with Crippen LogP contribution in [0.2, 0.25) is 0 Å². The number of nitrogens with two attached hydrogens (primary N) is 1. The van der Waals surface area contributed by atoms with E-state index >= 15 is 0 Å². The van der Waals surface area contributed by atoms with E-state index in [4.69, 9.17) is 5.73 Å². The van der Waals surface area contributed by atoms with Crippen molar-refractivity contribution in [2.24, 2.45) is 11.7 Å². The zero-order chi connectivity index (χ0) is 13.8. The van der Waals surface area contributed by atoms with E-state index in [0.29, 0.717) is 12.5 Å². The van der Waals surface area contributed by atoms with E-state index in [2.05, 4.69) is 6.92 Å². The molecule has 1 aromatic carbocycles. The SMILES string of the molecule is CC1CCN(C(=O)C(C)c2ccccc2)C(CN)C1.Cl. The first-order valence-corrected chi connectivity index (χ1v) is 7.19. The number of benzene rings is 1. The highest BCUT2D eigenvalue weighted by atomic mass is 35.5. The average molecular weight is 297 g/mol. The third-order valence-corrected chi connectivity index (χ3v) is 4.20. The first kappa shape index (κ1) is 17.0. The van der Waals surface area contributed by atoms with Gasteiger partial charge in [-0.3, -0.25) is 4.79 Å². The van der Waals surface area contributed by atoms with Gasteiger partial charge in [0.25, 0.3) is 0 Å². The molecule has 3 unspecified atom stereocenters. The van der Waals surface area contributed by atoms with Gasteiger partial charge in [0.15, 0.2) is 0 Å². The quantitative estimate of drug-likeness (QED) is 0.932. The molecule has 1 aliphatic heterocycles. The van der Waals surface area contributed by atoms with Gasteiger partial charge >= 0.3 is 0 Å². The van der Waals surface area contributed by atoms with Gasteiger partial charge < -0.3 is 10.6 Å². The van der Waals surface area contributed by atoms with Crippen LogP contribution in [0.3, 0.4) is 0 Å². The number of halogens is 1. The van der Waals surface area contributed by atoms with Gasteiger partial charge in [0, 0.05) is 19.1 Å². The highest BCUT2D eigenvalue weighted by Gasteiger charge is 2.31. The molecule has 1 aliphatic rings. The van der Waals surface area contributed by atoms with Crippen LogP contribution >= 0.6 is 12.4 Å². The predicted octanol–water partition coefficient (Wildman–Crippen LogP) is 2.80. The molecule has 1 fully saturated rings. The summed E-state index contributed by atoms with van der Waals surface area (Å²) in [7, 11) is 0. The molecule has 0 bridgehead atoms. The molecule has 112 valence electrons. The van der Waals surface area contributed by atoms with E-state index in [1.807, 2.05) is 42.2 Å². The first-order chi connectivity index (χ1) is 9.13. The van der Waals surface area contributed by atoms with Crippen LogP contribution in [0.1, 0.15) is 38.2 Å². The largest absolute Gasteiger partial charge is 0.338 e. The van der Waals surface area contributed by atoms with Crippen molar-refractivity contribution in [1.82, 2.24) is 4.90 Å². The standard InChI is InChI=1S/C16H24N2O.ClH/c1-12-8-9-18(15(10-12)11-17)16(19)13(2)14-6-4-3-5-7-14;/h3-7,12-13,15H,8-11,17H2,1-2H3;1H. The number of carbonyl (C=O) groups is 1. The van der Waals surface area contributed by atoms with Crippen molar-refractivity contribution in [1.29, 1.82) is 0 Å². The molecule has 0 spiro atoms. The van der Waals surface area contributed by atoms with E-state index < -0.39 is 0 Å². The Labute approximate surface area is 127 Å². The van der Waals surface area contributed by atoms with Gasteiger partial charge in [-0.2, -0.15) is 0 Å². The van der Waals surface area contributed by atoms with E-state index in [9.17, 15) is 4.79 Å². The summed E-state index contributed by atoms with van der Waals surface area (Å²) in [5.74, 6) is 0.807. The maximum atomic E-state index is 12.6. The molecule has 0 radical (unpaired) electrons. The fourth-order valence-electron chi connectivity index (χ4n) is 2.90. The van der Waals surface area contributed by atoms with Crippen molar-refractivity contribution in [2.75, 3.05) is 13.1 Å². The third kappa shape index (κ3) is 3.74. The molecule has 3 atom stereocenters. The zero-order valence-electron chi connectivity index (χ0n) is 12.3. The van der Waals surface area contributed by atoms with Gasteiger partial charge in [0.1, 0.15) is 0 Å². The molecule has 1 aromatic rings. The van der Waals surface area contributed by atoms with Crippen LogP contribution < -0.4 is 5.73 Å². The van der Waals surface area contributed by atoms with Crippen LogP contribution in [0.5, 0.6) is 0 Å². The summed E-state index contributed by atoms with van der Waals surface area (Å²) in [5.41, 5.74) is 6.92. The number of carbonyl (C=O) groups excluding carboxylic acids is 1. The lowest BCUT2D eigenvalue weighted by molar-refractivity contribution is -0.136. The molecule has 0 aliphatic carbocycles. The molecule has 2 rings (SSSR count). The number of hydrogen-bond acceptors (Lipinski definition) is 2. The Hall–Kier alpha value is -1.06. The summed E-state index contributed by atoms with van der Waals surface area (Å²) in [5, 5.41) is 0. The number of hydrogen-bond donors (Lipinski definition) is 1. The molecule has 3 nitrogen and oxygen atoms in total. The minimum Gasteiger partial charge on any atom is -0.338 e. The van der Waals surface area contributed by atoms with Crippen LogP contribution in [-0.2, 0) is 4.79 Å². The molecule has 1 amide bonds. The van der Waals surface area contributed by atoms with Gasteiger partial charge in [0.2, 0.25) is 5.91 Å². The summed E-state index contributed by atoms with van der Waals surface area (Å²) >= 11 is 0. The Morgan fingerprint density at radius 3 is 2.65 bits per heavy atom. The van der Waals surface area contributed by atoms with Gasteiger partial charge in [-0.1, -0.05) is 37.3 Å². The number of piperidine rings is 1. The Bertz CT molecular complexity index is 424. The van der Waals surface area contributed by atoms with Crippen molar-refractivity contribution >= 4 is 18.3 Å². The molecule has 0 aromatic heterocycles. The molecular weight excluding hydrogens is 272 g/mol. The van der Waals surface area contributed by atoms with Crippen LogP contribution in [0.4, 0.5) is 0 Å². The summed E-state index contributed by atoms with van der Waals surface area (Å²) in [6, 6.07) is 10.2. The van der Waals surface area contributed by atoms with Crippen molar-refractivity contribution in [3.8, 4) is 0 Å². The fraction of sp³-hybridized carbons (Fsp3) is 0.562. The summed E-state index contributed by atoms with van der Waals surface area (Å²) in [4.78, 5) is 14.6. The van der Waals surface area contributed by atoms with Crippen LogP contribution in [0.25, 0.3) is 0 Å². The Morgan fingerprint density at radius 1 is 1.40 bits per heavy atom. The Kier molecular flexibility index (Phi) is 6.50. The highest BCUT2D eigenvalue weighted by Crippen LogP contribution is 2.26. The maximum absolute atomic E-state index is 12.6. The second-order valence-electron chi connectivity index (χ2n) is 5.68. The van der Waals surface area contributed by atoms with E-state index in [1.165, 1.54) is 0 Å². The maximum Gasteiger partial charge on any atom is 0.230 e. The average Bonchev–Trinajstić information content (AvgIpc) is 2.46. The van der Waals surface area contributed by atoms with Gasteiger partial charge in [0.05, 0.1) is 5.92 Å². The number of nitrogens with zero attached hydrogens (tertiary/aromatic N) is 1. The first-order valence-electron chi connectivity index (χ1n) is 7.19. The van der Waals surface area contributed by atoms with Crippen LogP contribution in [0.15, 0.2) is 30.3 Å². The van der Waals surface area contributed by atoms with Gasteiger partial charge in [-0.25, -0.2) is 0 Å². The third-order valence-electron chi connectivity index (χ3n) is 4.20. The van der Waals surface area contributed by atoms with E-state index in [-0.39, 0.29) is 30.3 Å². The van der Waals surface area contributed by atoms with Crippen molar-refractivity contribution in [2.45, 2.75) is 38.6 Å². The lowest BCUT2D eigenvalue weighted by Crippen LogP contribution is -2.50. The van der Waals surface area contributed by atoms with E-state index in [1.54, 1.807) is 0 Å². The molecular formula is C16H25ClN2O. The van der Waals surface area contributed by atoms with Gasteiger partial charge in [-0.15, -0.1) is 12.4 Å². The number of rotatable bonds is 3. The smallest absolute Gasteiger partial charge is 0.230 e. The fourth-order valence-corrected chi connectivity index (χ4v) is 2.90. The molecule has 1 heterocycles. The lowest BCUT2D eigenvalue weighted by Gasteiger charge is -2.39. The van der Waals surface area contributed by atoms with E-state index in [0.717, 1.165) is 24.9 Å². The second-order valence-corrected chi connectivity index (χ2v) is 5.68. The molecule has 1 saturated heterocycles. The minimum atomic E-state index is -0.0799. The van der Waals surface area contributed by atoms with Gasteiger partial charge in [-0.05, 0) is 31.2 Å². The Morgan fingerprint density at radius 2 is 2.05 bits per heavy atom.